The summed E-state index contributed by atoms with van der Waals surface area (Å²) in [4.78, 5) is 26.8. The molecular formula is C29H28N2O4. The van der Waals surface area contributed by atoms with Crippen molar-refractivity contribution in [1.82, 2.24) is 4.90 Å². The Morgan fingerprint density at radius 1 is 1.00 bits per heavy atom. The number of fused-ring (bicyclic) bond motifs is 1. The number of rotatable bonds is 3. The number of esters is 1. The van der Waals surface area contributed by atoms with Crippen molar-refractivity contribution < 1.29 is 19.1 Å². The minimum Gasteiger partial charge on any atom is -0.465 e. The molecule has 3 aromatic rings. The minimum absolute atomic E-state index is 0.342. The van der Waals surface area contributed by atoms with Crippen LogP contribution in [0.3, 0.4) is 0 Å². The van der Waals surface area contributed by atoms with Crippen LogP contribution >= 0.6 is 0 Å². The van der Waals surface area contributed by atoms with Gasteiger partial charge in [-0.05, 0) is 84.5 Å². The molecule has 0 unspecified atom stereocenters. The molecule has 6 nitrogen and oxygen atoms in total. The van der Waals surface area contributed by atoms with E-state index in [0.717, 1.165) is 33.0 Å². The molecule has 1 amide bonds. The first kappa shape index (κ1) is 24.0. The van der Waals surface area contributed by atoms with E-state index < -0.39 is 11.6 Å². The fraction of sp³-hybridized carbons (Fsp3) is 0.276. The molecule has 0 atom stereocenters. The Bertz CT molecular complexity index is 1360. The summed E-state index contributed by atoms with van der Waals surface area (Å²) in [6.07, 6.45) is 2.24. The average molecular weight is 469 g/mol. The number of nitriles is 1. The van der Waals surface area contributed by atoms with Crippen LogP contribution < -0.4 is 0 Å². The molecule has 0 N–H and O–H groups in total. The second-order valence-corrected chi connectivity index (χ2v) is 9.51. The van der Waals surface area contributed by atoms with Crippen molar-refractivity contribution in [2.45, 2.75) is 32.8 Å². The molecule has 0 aromatic heterocycles. The van der Waals surface area contributed by atoms with Gasteiger partial charge in [0.25, 0.3) is 0 Å². The maximum atomic E-state index is 12.6. The van der Waals surface area contributed by atoms with Crippen molar-refractivity contribution in [3.8, 4) is 17.2 Å². The van der Waals surface area contributed by atoms with Gasteiger partial charge in [0.2, 0.25) is 0 Å². The SMILES string of the molecule is COC(=O)c1ccc2cc(-c3ccc(C#N)cc3)ccc2c1C1=CCN(C(=O)OC(C)(C)C)CC1. The Morgan fingerprint density at radius 3 is 2.31 bits per heavy atom. The number of benzene rings is 3. The van der Waals surface area contributed by atoms with Crippen molar-refractivity contribution >= 4 is 28.4 Å². The zero-order chi connectivity index (χ0) is 25.2. The first-order chi connectivity index (χ1) is 16.7. The van der Waals surface area contributed by atoms with E-state index in [1.807, 2.05) is 57.2 Å². The van der Waals surface area contributed by atoms with Gasteiger partial charge in [0.05, 0.1) is 24.3 Å². The topological polar surface area (TPSA) is 79.6 Å². The van der Waals surface area contributed by atoms with Gasteiger partial charge in [-0.25, -0.2) is 9.59 Å². The van der Waals surface area contributed by atoms with Gasteiger partial charge >= 0.3 is 12.1 Å². The highest BCUT2D eigenvalue weighted by atomic mass is 16.6. The van der Waals surface area contributed by atoms with Crippen molar-refractivity contribution in [2.75, 3.05) is 20.2 Å². The van der Waals surface area contributed by atoms with Gasteiger partial charge < -0.3 is 14.4 Å². The number of carbonyl (C=O) groups is 2. The van der Waals surface area contributed by atoms with Gasteiger partial charge in [-0.1, -0.05) is 36.4 Å². The molecule has 6 heteroatoms. The third kappa shape index (κ3) is 5.20. The molecule has 3 aromatic carbocycles. The van der Waals surface area contributed by atoms with Crippen LogP contribution in [0.25, 0.3) is 27.5 Å². The quantitative estimate of drug-likeness (QED) is 0.428. The van der Waals surface area contributed by atoms with E-state index in [2.05, 4.69) is 12.1 Å². The Kier molecular flexibility index (Phi) is 6.61. The zero-order valence-electron chi connectivity index (χ0n) is 20.4. The predicted molar refractivity (Wildman–Crippen MR) is 136 cm³/mol. The average Bonchev–Trinajstić information content (AvgIpc) is 2.86. The van der Waals surface area contributed by atoms with Crippen molar-refractivity contribution in [3.05, 3.63) is 77.4 Å². The zero-order valence-corrected chi connectivity index (χ0v) is 20.4. The largest absolute Gasteiger partial charge is 0.465 e. The highest BCUT2D eigenvalue weighted by Crippen LogP contribution is 2.35. The molecule has 0 saturated carbocycles. The second-order valence-electron chi connectivity index (χ2n) is 9.51. The minimum atomic E-state index is -0.554. The normalized spacial score (nSPS) is 13.7. The first-order valence-electron chi connectivity index (χ1n) is 11.5. The monoisotopic (exact) mass is 468 g/mol. The molecule has 1 aliphatic heterocycles. The summed E-state index contributed by atoms with van der Waals surface area (Å²) in [5.41, 5.74) is 4.43. The molecule has 0 bridgehead atoms. The molecule has 1 aliphatic rings. The number of hydrogen-bond donors (Lipinski definition) is 0. The van der Waals surface area contributed by atoms with E-state index in [4.69, 9.17) is 14.7 Å². The maximum Gasteiger partial charge on any atom is 0.410 e. The fourth-order valence-electron chi connectivity index (χ4n) is 4.26. The molecule has 0 fully saturated rings. The van der Waals surface area contributed by atoms with Crippen molar-refractivity contribution in [2.24, 2.45) is 0 Å². The van der Waals surface area contributed by atoms with Crippen molar-refractivity contribution in [1.29, 1.82) is 5.26 Å². The third-order valence-corrected chi connectivity index (χ3v) is 5.95. The molecule has 178 valence electrons. The van der Waals surface area contributed by atoms with Gasteiger partial charge in [-0.2, -0.15) is 5.26 Å². The summed E-state index contributed by atoms with van der Waals surface area (Å²) in [5, 5.41) is 11.0. The van der Waals surface area contributed by atoms with E-state index >= 15 is 0 Å². The van der Waals surface area contributed by atoms with Crippen LogP contribution in [-0.2, 0) is 9.47 Å². The molecule has 0 saturated heterocycles. The highest BCUT2D eigenvalue weighted by Gasteiger charge is 2.26. The summed E-state index contributed by atoms with van der Waals surface area (Å²) >= 11 is 0. The van der Waals surface area contributed by atoms with Crippen LogP contribution in [0.5, 0.6) is 0 Å². The Hall–Kier alpha value is -4.11. The van der Waals surface area contributed by atoms with E-state index in [1.54, 1.807) is 23.1 Å². The number of hydrogen-bond acceptors (Lipinski definition) is 5. The smallest absolute Gasteiger partial charge is 0.410 e. The number of ether oxygens (including phenoxy) is 2. The van der Waals surface area contributed by atoms with Crippen LogP contribution in [-0.4, -0.2) is 42.8 Å². The van der Waals surface area contributed by atoms with Crippen LogP contribution in [0, 0.1) is 11.3 Å². The Morgan fingerprint density at radius 2 is 1.71 bits per heavy atom. The molecule has 35 heavy (non-hydrogen) atoms. The van der Waals surface area contributed by atoms with Crippen LogP contribution in [0.1, 0.15) is 48.7 Å². The van der Waals surface area contributed by atoms with Crippen molar-refractivity contribution in [3.63, 3.8) is 0 Å². The number of amides is 1. The Balaban J connectivity index is 1.73. The summed E-state index contributed by atoms with van der Waals surface area (Å²) < 4.78 is 10.6. The number of methoxy groups -OCH3 is 1. The second kappa shape index (κ2) is 9.63. The van der Waals surface area contributed by atoms with Crippen LogP contribution in [0.2, 0.25) is 0 Å². The molecule has 0 spiro atoms. The molecule has 0 aliphatic carbocycles. The molecule has 1 heterocycles. The lowest BCUT2D eigenvalue weighted by Crippen LogP contribution is -2.39. The standard InChI is InChI=1S/C29H28N2O4/c1-29(2,3)35-28(33)31-15-13-21(14-16-31)26-24-11-9-22(20-7-5-19(18-30)6-8-20)17-23(24)10-12-25(26)27(32)34-4/h5-13,17H,14-16H2,1-4H3. The molecular weight excluding hydrogens is 440 g/mol. The molecule has 4 rings (SSSR count). The van der Waals surface area contributed by atoms with E-state index in [-0.39, 0.29) is 6.09 Å². The maximum absolute atomic E-state index is 12.6. The highest BCUT2D eigenvalue weighted by molar-refractivity contribution is 6.06. The Labute approximate surface area is 205 Å². The predicted octanol–water partition coefficient (Wildman–Crippen LogP) is 6.19. The van der Waals surface area contributed by atoms with Gasteiger partial charge in [0.15, 0.2) is 0 Å². The van der Waals surface area contributed by atoms with Gasteiger partial charge in [-0.3, -0.25) is 0 Å². The van der Waals surface area contributed by atoms with Crippen LogP contribution in [0.15, 0.2) is 60.7 Å². The van der Waals surface area contributed by atoms with Gasteiger partial charge in [0.1, 0.15) is 5.60 Å². The van der Waals surface area contributed by atoms with E-state index in [9.17, 15) is 9.59 Å². The molecule has 0 radical (unpaired) electrons. The van der Waals surface area contributed by atoms with Gasteiger partial charge in [0, 0.05) is 13.1 Å². The van der Waals surface area contributed by atoms with Gasteiger partial charge in [-0.15, -0.1) is 0 Å². The lowest BCUT2D eigenvalue weighted by molar-refractivity contribution is 0.0270. The summed E-state index contributed by atoms with van der Waals surface area (Å²) in [5.74, 6) is -0.395. The summed E-state index contributed by atoms with van der Waals surface area (Å²) in [6.45, 7) is 6.45. The first-order valence-corrected chi connectivity index (χ1v) is 11.5. The summed E-state index contributed by atoms with van der Waals surface area (Å²) in [6, 6.07) is 19.4. The lowest BCUT2D eigenvalue weighted by atomic mass is 9.88. The number of nitrogens with zero attached hydrogens (tertiary/aromatic N) is 2. The lowest BCUT2D eigenvalue weighted by Gasteiger charge is -2.30. The fourth-order valence-corrected chi connectivity index (χ4v) is 4.26. The van der Waals surface area contributed by atoms with E-state index in [1.165, 1.54) is 7.11 Å². The summed E-state index contributed by atoms with van der Waals surface area (Å²) in [7, 11) is 1.38. The number of carbonyl (C=O) groups excluding carboxylic acids is 2. The van der Waals surface area contributed by atoms with E-state index in [0.29, 0.717) is 30.6 Å². The van der Waals surface area contributed by atoms with Crippen LogP contribution in [0.4, 0.5) is 4.79 Å². The third-order valence-electron chi connectivity index (χ3n) is 5.95.